The van der Waals surface area contributed by atoms with Crippen molar-refractivity contribution in [3.8, 4) is 5.75 Å². The molecule has 2 aromatic carbocycles. The number of carboxylic acid groups (broad SMARTS) is 1. The van der Waals surface area contributed by atoms with Gasteiger partial charge in [-0.05, 0) is 89.0 Å². The van der Waals surface area contributed by atoms with Crippen LogP contribution in [0.25, 0.3) is 33.0 Å². The number of benzene rings is 2. The van der Waals surface area contributed by atoms with Crippen LogP contribution in [0.4, 0.5) is 5.69 Å². The number of nitrogens with two attached hydrogens (primary N) is 1. The number of anilines is 1. The van der Waals surface area contributed by atoms with Crippen LogP contribution in [0.1, 0.15) is 32.1 Å². The molecule has 0 bridgehead atoms. The van der Waals surface area contributed by atoms with Crippen LogP contribution in [0.2, 0.25) is 0 Å². The molecule has 2 amide bonds. The summed E-state index contributed by atoms with van der Waals surface area (Å²) in [6.07, 6.45) is 3.74. The number of carbonyl (C=O) groups is 3. The molecule has 1 unspecified atom stereocenters. The second-order valence-corrected chi connectivity index (χ2v) is 11.4. The zero-order valence-corrected chi connectivity index (χ0v) is 24.9. The van der Waals surface area contributed by atoms with Gasteiger partial charge in [-0.1, -0.05) is 18.2 Å². The van der Waals surface area contributed by atoms with Crippen LogP contribution < -0.4 is 26.4 Å². The molecule has 12 nitrogen and oxygen atoms in total. The van der Waals surface area contributed by atoms with E-state index in [2.05, 4.69) is 27.9 Å². The van der Waals surface area contributed by atoms with Gasteiger partial charge in [-0.25, -0.2) is 9.78 Å². The molecule has 2 aromatic heterocycles. The van der Waals surface area contributed by atoms with Crippen molar-refractivity contribution in [2.24, 2.45) is 11.7 Å². The van der Waals surface area contributed by atoms with Crippen LogP contribution in [0, 0.1) is 5.92 Å². The first-order valence-corrected chi connectivity index (χ1v) is 15.1. The van der Waals surface area contributed by atoms with Crippen LogP contribution in [0.5, 0.6) is 5.75 Å². The minimum absolute atomic E-state index is 0.142. The third-order valence-electron chi connectivity index (χ3n) is 8.04. The molecule has 1 aliphatic heterocycles. The lowest BCUT2D eigenvalue weighted by Gasteiger charge is -2.28. The van der Waals surface area contributed by atoms with E-state index in [-0.39, 0.29) is 19.5 Å². The monoisotopic (exact) mass is 604 g/mol. The lowest BCUT2D eigenvalue weighted by molar-refractivity contribution is -0.141. The highest BCUT2D eigenvalue weighted by molar-refractivity contribution is 6.14. The van der Waals surface area contributed by atoms with Gasteiger partial charge in [-0.3, -0.25) is 9.59 Å². The van der Waals surface area contributed by atoms with Crippen LogP contribution in [0.15, 0.2) is 46.9 Å². The molecule has 4 aromatic rings. The van der Waals surface area contributed by atoms with Gasteiger partial charge in [-0.2, -0.15) is 0 Å². The fourth-order valence-electron chi connectivity index (χ4n) is 5.48. The topological polar surface area (TPSA) is 172 Å². The number of carboxylic acids is 1. The van der Waals surface area contributed by atoms with E-state index in [4.69, 9.17) is 19.9 Å². The van der Waals surface area contributed by atoms with Crippen molar-refractivity contribution in [3.63, 3.8) is 0 Å². The Morgan fingerprint density at radius 3 is 2.66 bits per heavy atom. The summed E-state index contributed by atoms with van der Waals surface area (Å²) in [5, 5.41) is 19.1. The van der Waals surface area contributed by atoms with Crippen LogP contribution in [-0.4, -0.2) is 85.2 Å². The van der Waals surface area contributed by atoms with E-state index in [1.54, 1.807) is 0 Å². The standard InChI is InChI=1S/C32H40N6O6/c1-38-14-11-20(12-15-38)19-43-21-9-10-26-23(16-21)30-31(44-26)29(22-6-2-3-7-24(22)37-30)35-17-27(39)34-18-28(40)36-25(32(41)42)8-4-5-13-33/h2-3,6-7,9-10,16,20,25H,4-5,8,11-15,17-19,33H2,1H3,(H,34,39)(H,35,37)(H,36,40)(H,41,42). The second kappa shape index (κ2) is 14.4. The molecule has 6 N–H and O–H groups in total. The summed E-state index contributed by atoms with van der Waals surface area (Å²) in [6.45, 7) is 2.79. The number of hydrogen-bond donors (Lipinski definition) is 5. The molecule has 1 fully saturated rings. The summed E-state index contributed by atoms with van der Waals surface area (Å²) in [5.41, 5.74) is 8.63. The third-order valence-corrected chi connectivity index (χ3v) is 8.04. The largest absolute Gasteiger partial charge is 0.493 e. The number of likely N-dealkylation sites (tertiary alicyclic amines) is 1. The first-order chi connectivity index (χ1) is 21.3. The number of pyridine rings is 1. The smallest absolute Gasteiger partial charge is 0.326 e. The lowest BCUT2D eigenvalue weighted by atomic mass is 9.98. The average molecular weight is 605 g/mol. The van der Waals surface area contributed by atoms with Gasteiger partial charge in [0.15, 0.2) is 5.58 Å². The summed E-state index contributed by atoms with van der Waals surface area (Å²) in [4.78, 5) is 43.7. The molecule has 234 valence electrons. The highest BCUT2D eigenvalue weighted by Gasteiger charge is 2.21. The number of aliphatic carboxylic acids is 1. The van der Waals surface area contributed by atoms with Gasteiger partial charge >= 0.3 is 5.97 Å². The first-order valence-electron chi connectivity index (χ1n) is 15.1. The number of hydrogen-bond acceptors (Lipinski definition) is 9. The number of rotatable bonds is 14. The number of para-hydroxylation sites is 1. The van der Waals surface area contributed by atoms with Crippen LogP contribution >= 0.6 is 0 Å². The number of aromatic nitrogens is 1. The third kappa shape index (κ3) is 7.56. The fraction of sp³-hybridized carbons (Fsp3) is 0.438. The number of ether oxygens (including phenoxy) is 1. The Bertz CT molecular complexity index is 1630. The van der Waals surface area contributed by atoms with Crippen molar-refractivity contribution in [1.82, 2.24) is 20.5 Å². The van der Waals surface area contributed by atoms with Crippen molar-refractivity contribution in [2.75, 3.05) is 51.7 Å². The Labute approximate surface area is 255 Å². The number of unbranched alkanes of at least 4 members (excludes halogenated alkanes) is 1. The van der Waals surface area contributed by atoms with Gasteiger partial charge in [0.05, 0.1) is 36.3 Å². The maximum Gasteiger partial charge on any atom is 0.326 e. The molecule has 0 spiro atoms. The number of fused-ring (bicyclic) bond motifs is 4. The molecular formula is C32H40N6O6. The van der Waals surface area contributed by atoms with Crippen LogP contribution in [0.3, 0.4) is 0 Å². The Morgan fingerprint density at radius 1 is 1.09 bits per heavy atom. The average Bonchev–Trinajstić information content (AvgIpc) is 3.38. The first kappa shape index (κ1) is 31.0. The number of nitrogens with zero attached hydrogens (tertiary/aromatic N) is 2. The zero-order valence-electron chi connectivity index (χ0n) is 24.9. The van der Waals surface area contributed by atoms with Gasteiger partial charge < -0.3 is 40.8 Å². The van der Waals surface area contributed by atoms with Crippen molar-refractivity contribution < 1.29 is 28.6 Å². The minimum atomic E-state index is -1.13. The molecule has 0 saturated carbocycles. The lowest BCUT2D eigenvalue weighted by Crippen LogP contribution is -2.46. The van der Waals surface area contributed by atoms with E-state index >= 15 is 0 Å². The predicted molar refractivity (Wildman–Crippen MR) is 169 cm³/mol. The van der Waals surface area contributed by atoms with Crippen molar-refractivity contribution in [3.05, 3.63) is 42.5 Å². The van der Waals surface area contributed by atoms with Gasteiger partial charge in [0.1, 0.15) is 22.9 Å². The van der Waals surface area contributed by atoms with E-state index in [1.165, 1.54) is 0 Å². The maximum absolute atomic E-state index is 12.7. The summed E-state index contributed by atoms with van der Waals surface area (Å²) >= 11 is 0. The zero-order chi connectivity index (χ0) is 31.1. The van der Waals surface area contributed by atoms with Crippen molar-refractivity contribution >= 4 is 56.4 Å². The molecule has 0 radical (unpaired) electrons. The van der Waals surface area contributed by atoms with E-state index in [9.17, 15) is 19.5 Å². The molecule has 3 heterocycles. The number of piperidine rings is 1. The summed E-state index contributed by atoms with van der Waals surface area (Å²) < 4.78 is 12.4. The highest BCUT2D eigenvalue weighted by Crippen LogP contribution is 2.38. The predicted octanol–water partition coefficient (Wildman–Crippen LogP) is 3.08. The molecule has 1 aliphatic rings. The van der Waals surface area contributed by atoms with E-state index in [0.717, 1.165) is 48.0 Å². The summed E-state index contributed by atoms with van der Waals surface area (Å²) in [6, 6.07) is 12.3. The van der Waals surface area contributed by atoms with E-state index in [0.29, 0.717) is 54.3 Å². The molecule has 12 heteroatoms. The maximum atomic E-state index is 12.7. The fourth-order valence-corrected chi connectivity index (χ4v) is 5.48. The summed E-state index contributed by atoms with van der Waals surface area (Å²) in [7, 11) is 2.14. The number of amides is 2. The Balaban J connectivity index is 1.27. The SMILES string of the molecule is CN1CCC(COc2ccc3oc4c(NCC(=O)NCC(=O)NC(CCCCN)C(=O)O)c5ccccc5nc4c3c2)CC1. The minimum Gasteiger partial charge on any atom is -0.493 e. The van der Waals surface area contributed by atoms with E-state index in [1.807, 2.05) is 42.5 Å². The molecular weight excluding hydrogens is 564 g/mol. The molecule has 44 heavy (non-hydrogen) atoms. The summed E-state index contributed by atoms with van der Waals surface area (Å²) in [5.74, 6) is -0.867. The quantitative estimate of drug-likeness (QED) is 0.135. The Kier molecular flexibility index (Phi) is 10.1. The van der Waals surface area contributed by atoms with Crippen molar-refractivity contribution in [2.45, 2.75) is 38.1 Å². The second-order valence-electron chi connectivity index (χ2n) is 11.4. The number of carbonyl (C=O) groups excluding carboxylic acids is 2. The van der Waals surface area contributed by atoms with Crippen LogP contribution in [-0.2, 0) is 14.4 Å². The number of nitrogens with one attached hydrogen (secondary N) is 3. The van der Waals surface area contributed by atoms with Gasteiger partial charge in [-0.15, -0.1) is 0 Å². The van der Waals surface area contributed by atoms with Crippen molar-refractivity contribution in [1.29, 1.82) is 0 Å². The highest BCUT2D eigenvalue weighted by atomic mass is 16.5. The molecule has 1 saturated heterocycles. The van der Waals surface area contributed by atoms with Gasteiger partial charge in [0.2, 0.25) is 11.8 Å². The van der Waals surface area contributed by atoms with Gasteiger partial charge in [0, 0.05) is 5.39 Å². The molecule has 0 aliphatic carbocycles. The Hall–Kier alpha value is -4.42. The Morgan fingerprint density at radius 2 is 1.89 bits per heavy atom. The molecule has 1 atom stereocenters. The normalized spacial score (nSPS) is 15.0. The van der Waals surface area contributed by atoms with Gasteiger partial charge in [0.25, 0.3) is 0 Å². The molecule has 5 rings (SSSR count). The van der Waals surface area contributed by atoms with E-state index < -0.39 is 23.8 Å². The number of furan rings is 1.